The summed E-state index contributed by atoms with van der Waals surface area (Å²) in [7, 11) is 0. The lowest BCUT2D eigenvalue weighted by molar-refractivity contribution is 0.0694. The van der Waals surface area contributed by atoms with Gasteiger partial charge in [0.25, 0.3) is 5.56 Å². The first kappa shape index (κ1) is 9.60. The van der Waals surface area contributed by atoms with Crippen molar-refractivity contribution in [3.63, 3.8) is 0 Å². The van der Waals surface area contributed by atoms with Crippen molar-refractivity contribution in [3.8, 4) is 11.4 Å². The van der Waals surface area contributed by atoms with E-state index in [0.717, 1.165) is 11.8 Å². The summed E-state index contributed by atoms with van der Waals surface area (Å²) < 4.78 is 0. The van der Waals surface area contributed by atoms with Gasteiger partial charge in [0, 0.05) is 17.1 Å². The molecule has 76 valence electrons. The average molecular weight is 222 g/mol. The second kappa shape index (κ2) is 3.66. The van der Waals surface area contributed by atoms with Crippen LogP contribution in [0, 0.1) is 0 Å². The van der Waals surface area contributed by atoms with Crippen LogP contribution in [-0.2, 0) is 0 Å². The summed E-state index contributed by atoms with van der Waals surface area (Å²) in [6.07, 6.45) is 1.06. The molecule has 0 spiro atoms. The largest absolute Gasteiger partial charge is 0.477 e. The second-order valence-electron chi connectivity index (χ2n) is 2.79. The summed E-state index contributed by atoms with van der Waals surface area (Å²) in [6.45, 7) is 0. The maximum absolute atomic E-state index is 11.3. The van der Waals surface area contributed by atoms with Crippen molar-refractivity contribution >= 4 is 17.3 Å². The quantitative estimate of drug-likeness (QED) is 0.799. The third-order valence-electron chi connectivity index (χ3n) is 1.82. The van der Waals surface area contributed by atoms with E-state index in [1.165, 1.54) is 11.3 Å². The topological polar surface area (TPSA) is 83.0 Å². The Morgan fingerprint density at radius 2 is 2.33 bits per heavy atom. The molecule has 0 amide bonds. The van der Waals surface area contributed by atoms with Crippen LogP contribution in [0.3, 0.4) is 0 Å². The molecular weight excluding hydrogens is 216 g/mol. The van der Waals surface area contributed by atoms with E-state index >= 15 is 0 Å². The average Bonchev–Trinajstić information content (AvgIpc) is 2.69. The number of carboxylic acid groups (broad SMARTS) is 1. The van der Waals surface area contributed by atoms with Crippen LogP contribution >= 0.6 is 11.3 Å². The number of aromatic amines is 1. The maximum Gasteiger partial charge on any atom is 0.342 e. The molecular formula is C9H6N2O3S. The van der Waals surface area contributed by atoms with Crippen molar-refractivity contribution in [1.82, 2.24) is 9.97 Å². The van der Waals surface area contributed by atoms with Crippen LogP contribution in [0.15, 0.2) is 27.8 Å². The van der Waals surface area contributed by atoms with E-state index < -0.39 is 11.5 Å². The van der Waals surface area contributed by atoms with Gasteiger partial charge in [-0.1, -0.05) is 0 Å². The van der Waals surface area contributed by atoms with Gasteiger partial charge >= 0.3 is 5.97 Å². The van der Waals surface area contributed by atoms with E-state index in [4.69, 9.17) is 5.11 Å². The molecule has 0 atom stereocenters. The SMILES string of the molecule is O=C(O)c1cnc(-c2ccsc2)[nH]c1=O. The molecule has 2 heterocycles. The Kier molecular flexibility index (Phi) is 2.34. The van der Waals surface area contributed by atoms with Crippen molar-refractivity contribution in [3.05, 3.63) is 38.9 Å². The molecule has 0 fully saturated rings. The summed E-state index contributed by atoms with van der Waals surface area (Å²) in [4.78, 5) is 28.2. The van der Waals surface area contributed by atoms with Crippen molar-refractivity contribution < 1.29 is 9.90 Å². The Morgan fingerprint density at radius 1 is 1.53 bits per heavy atom. The molecule has 0 aliphatic rings. The van der Waals surface area contributed by atoms with Crippen LogP contribution in [0.25, 0.3) is 11.4 Å². The molecule has 2 N–H and O–H groups in total. The van der Waals surface area contributed by atoms with Gasteiger partial charge in [0.05, 0.1) is 0 Å². The molecule has 2 rings (SSSR count). The van der Waals surface area contributed by atoms with E-state index in [1.807, 2.05) is 10.8 Å². The van der Waals surface area contributed by atoms with Crippen LogP contribution in [0.4, 0.5) is 0 Å². The van der Waals surface area contributed by atoms with Crippen molar-refractivity contribution in [2.75, 3.05) is 0 Å². The molecule has 2 aromatic heterocycles. The Morgan fingerprint density at radius 3 is 2.87 bits per heavy atom. The molecule has 0 saturated heterocycles. The van der Waals surface area contributed by atoms with Gasteiger partial charge in [-0.15, -0.1) is 0 Å². The molecule has 2 aromatic rings. The van der Waals surface area contributed by atoms with Crippen molar-refractivity contribution in [2.45, 2.75) is 0 Å². The van der Waals surface area contributed by atoms with Crippen LogP contribution in [0.2, 0.25) is 0 Å². The Bertz CT molecular complexity index is 545. The van der Waals surface area contributed by atoms with E-state index in [-0.39, 0.29) is 5.56 Å². The van der Waals surface area contributed by atoms with Gasteiger partial charge in [-0.25, -0.2) is 9.78 Å². The summed E-state index contributed by atoms with van der Waals surface area (Å²) in [5.41, 5.74) is -0.221. The van der Waals surface area contributed by atoms with Gasteiger partial charge in [-0.05, 0) is 11.4 Å². The number of aromatic nitrogens is 2. The Labute approximate surface area is 88.1 Å². The number of nitrogens with zero attached hydrogens (tertiary/aromatic N) is 1. The zero-order valence-electron chi connectivity index (χ0n) is 7.43. The first-order valence-corrected chi connectivity index (χ1v) is 4.98. The lowest BCUT2D eigenvalue weighted by Gasteiger charge is -1.97. The number of hydrogen-bond donors (Lipinski definition) is 2. The van der Waals surface area contributed by atoms with Gasteiger partial charge in [-0.2, -0.15) is 11.3 Å². The van der Waals surface area contributed by atoms with Gasteiger partial charge in [0.2, 0.25) is 0 Å². The van der Waals surface area contributed by atoms with Gasteiger partial charge in [-0.3, -0.25) is 4.79 Å². The molecule has 0 unspecified atom stereocenters. The molecule has 0 radical (unpaired) electrons. The molecule has 0 bridgehead atoms. The lowest BCUT2D eigenvalue weighted by atomic mass is 10.3. The highest BCUT2D eigenvalue weighted by atomic mass is 32.1. The van der Waals surface area contributed by atoms with Crippen LogP contribution in [0.5, 0.6) is 0 Å². The van der Waals surface area contributed by atoms with Crippen molar-refractivity contribution in [2.24, 2.45) is 0 Å². The van der Waals surface area contributed by atoms with E-state index in [1.54, 1.807) is 6.07 Å². The van der Waals surface area contributed by atoms with Crippen LogP contribution in [-0.4, -0.2) is 21.0 Å². The van der Waals surface area contributed by atoms with E-state index in [2.05, 4.69) is 9.97 Å². The van der Waals surface area contributed by atoms with E-state index in [0.29, 0.717) is 5.82 Å². The number of H-pyrrole nitrogens is 1. The fraction of sp³-hybridized carbons (Fsp3) is 0. The van der Waals surface area contributed by atoms with Crippen LogP contribution < -0.4 is 5.56 Å². The number of carbonyl (C=O) groups is 1. The molecule has 6 heteroatoms. The maximum atomic E-state index is 11.3. The summed E-state index contributed by atoms with van der Waals surface area (Å²) in [5, 5.41) is 12.3. The normalized spacial score (nSPS) is 10.1. The first-order valence-electron chi connectivity index (χ1n) is 4.03. The lowest BCUT2D eigenvalue weighted by Crippen LogP contribution is -2.18. The fourth-order valence-corrected chi connectivity index (χ4v) is 1.73. The number of nitrogens with one attached hydrogen (secondary N) is 1. The highest BCUT2D eigenvalue weighted by Crippen LogP contribution is 2.16. The van der Waals surface area contributed by atoms with Gasteiger partial charge in [0.15, 0.2) is 0 Å². The zero-order chi connectivity index (χ0) is 10.8. The summed E-state index contributed by atoms with van der Waals surface area (Å²) in [6, 6.07) is 1.80. The minimum atomic E-state index is -1.28. The zero-order valence-corrected chi connectivity index (χ0v) is 8.25. The first-order chi connectivity index (χ1) is 7.18. The Balaban J connectivity index is 2.52. The monoisotopic (exact) mass is 222 g/mol. The smallest absolute Gasteiger partial charge is 0.342 e. The molecule has 5 nitrogen and oxygen atoms in total. The number of carboxylic acids is 1. The molecule has 0 aliphatic heterocycles. The molecule has 15 heavy (non-hydrogen) atoms. The predicted octanol–water partition coefficient (Wildman–Crippen LogP) is 1.20. The molecule has 0 aromatic carbocycles. The minimum Gasteiger partial charge on any atom is -0.477 e. The van der Waals surface area contributed by atoms with Crippen LogP contribution in [0.1, 0.15) is 10.4 Å². The highest BCUT2D eigenvalue weighted by Gasteiger charge is 2.10. The molecule has 0 aliphatic carbocycles. The number of hydrogen-bond acceptors (Lipinski definition) is 4. The molecule has 0 saturated carbocycles. The predicted molar refractivity (Wildman–Crippen MR) is 55.1 cm³/mol. The Hall–Kier alpha value is -1.95. The van der Waals surface area contributed by atoms with Crippen molar-refractivity contribution in [1.29, 1.82) is 0 Å². The fourth-order valence-electron chi connectivity index (χ4n) is 1.09. The third-order valence-corrected chi connectivity index (χ3v) is 2.51. The number of aromatic carboxylic acids is 1. The summed E-state index contributed by atoms with van der Waals surface area (Å²) in [5.74, 6) is -0.896. The number of thiophene rings is 1. The second-order valence-corrected chi connectivity index (χ2v) is 3.57. The third kappa shape index (κ3) is 1.79. The standard InChI is InChI=1S/C9H6N2O3S/c12-8-6(9(13)14)3-10-7(11-8)5-1-2-15-4-5/h1-4H,(H,13,14)(H,10,11,12). The summed E-state index contributed by atoms with van der Waals surface area (Å²) >= 11 is 1.47. The highest BCUT2D eigenvalue weighted by molar-refractivity contribution is 7.08. The van der Waals surface area contributed by atoms with E-state index in [9.17, 15) is 9.59 Å². The number of rotatable bonds is 2. The van der Waals surface area contributed by atoms with Gasteiger partial charge in [0.1, 0.15) is 11.4 Å². The minimum absolute atomic E-state index is 0.353. The van der Waals surface area contributed by atoms with Gasteiger partial charge < -0.3 is 10.1 Å².